The van der Waals surface area contributed by atoms with Gasteiger partial charge in [0.05, 0.1) is 14.2 Å². The molecule has 0 aromatic heterocycles. The highest BCUT2D eigenvalue weighted by Gasteiger charge is 2.16. The summed E-state index contributed by atoms with van der Waals surface area (Å²) in [6.07, 6.45) is 0. The van der Waals surface area contributed by atoms with Crippen molar-refractivity contribution in [3.8, 4) is 17.2 Å². The Morgan fingerprint density at radius 1 is 1.07 bits per heavy atom. The molecular formula is C9H9F3O3. The lowest BCUT2D eigenvalue weighted by molar-refractivity contribution is -0.0524. The van der Waals surface area contributed by atoms with Crippen molar-refractivity contribution in [1.82, 2.24) is 0 Å². The van der Waals surface area contributed by atoms with Crippen LogP contribution in [-0.4, -0.2) is 20.8 Å². The first kappa shape index (κ1) is 11.5. The third-order valence-corrected chi connectivity index (χ3v) is 1.65. The first-order valence-electron chi connectivity index (χ1n) is 3.94. The van der Waals surface area contributed by atoms with Crippen molar-refractivity contribution in [2.75, 3.05) is 14.2 Å². The molecular weight excluding hydrogens is 213 g/mol. The van der Waals surface area contributed by atoms with E-state index in [0.29, 0.717) is 0 Å². The van der Waals surface area contributed by atoms with Crippen molar-refractivity contribution in [2.45, 2.75) is 6.61 Å². The number of ether oxygens (including phenoxy) is 3. The zero-order valence-electron chi connectivity index (χ0n) is 8.09. The Morgan fingerprint density at radius 3 is 2.13 bits per heavy atom. The molecule has 0 aliphatic carbocycles. The topological polar surface area (TPSA) is 27.7 Å². The monoisotopic (exact) mass is 222 g/mol. The van der Waals surface area contributed by atoms with Gasteiger partial charge in [-0.05, 0) is 0 Å². The number of rotatable bonds is 4. The maximum absolute atomic E-state index is 13.3. The van der Waals surface area contributed by atoms with Crippen molar-refractivity contribution >= 4 is 0 Å². The minimum absolute atomic E-state index is 0.170. The van der Waals surface area contributed by atoms with Crippen LogP contribution in [0.1, 0.15) is 0 Å². The first-order chi connectivity index (χ1) is 7.08. The van der Waals surface area contributed by atoms with Gasteiger partial charge in [0.2, 0.25) is 5.82 Å². The summed E-state index contributed by atoms with van der Waals surface area (Å²) in [6, 6.07) is 2.25. The zero-order valence-corrected chi connectivity index (χ0v) is 8.09. The summed E-state index contributed by atoms with van der Waals surface area (Å²) in [7, 11) is 2.53. The van der Waals surface area contributed by atoms with Gasteiger partial charge >= 0.3 is 6.61 Å². The highest BCUT2D eigenvalue weighted by Crippen LogP contribution is 2.33. The molecule has 0 spiro atoms. The number of benzene rings is 1. The fourth-order valence-electron chi connectivity index (χ4n) is 0.996. The van der Waals surface area contributed by atoms with Crippen molar-refractivity contribution in [3.05, 3.63) is 17.9 Å². The molecule has 0 radical (unpaired) electrons. The quantitative estimate of drug-likeness (QED) is 0.783. The number of hydrogen-bond acceptors (Lipinski definition) is 3. The summed E-state index contributed by atoms with van der Waals surface area (Å²) in [5.41, 5.74) is 0. The molecule has 15 heavy (non-hydrogen) atoms. The van der Waals surface area contributed by atoms with Gasteiger partial charge in [0, 0.05) is 12.1 Å². The van der Waals surface area contributed by atoms with Crippen LogP contribution in [0.5, 0.6) is 17.2 Å². The molecule has 0 atom stereocenters. The van der Waals surface area contributed by atoms with E-state index < -0.39 is 18.2 Å². The third kappa shape index (κ3) is 2.68. The molecule has 6 heteroatoms. The SMILES string of the molecule is COc1cc(OC)c(F)c(OC(F)F)c1. The Hall–Kier alpha value is -1.59. The van der Waals surface area contributed by atoms with E-state index in [1.54, 1.807) is 0 Å². The summed E-state index contributed by atoms with van der Waals surface area (Å²) in [6.45, 7) is -3.10. The Bertz CT molecular complexity index is 342. The molecule has 1 rings (SSSR count). The van der Waals surface area contributed by atoms with Gasteiger partial charge in [0.15, 0.2) is 11.5 Å². The van der Waals surface area contributed by atoms with Crippen LogP contribution in [0.15, 0.2) is 12.1 Å². The Morgan fingerprint density at radius 2 is 1.67 bits per heavy atom. The second-order valence-electron chi connectivity index (χ2n) is 2.52. The van der Waals surface area contributed by atoms with Gasteiger partial charge in [0.1, 0.15) is 5.75 Å². The largest absolute Gasteiger partial charge is 0.496 e. The molecule has 3 nitrogen and oxygen atoms in total. The van der Waals surface area contributed by atoms with E-state index >= 15 is 0 Å². The summed E-state index contributed by atoms with van der Waals surface area (Å²) < 4.78 is 50.5. The molecule has 1 aromatic carbocycles. The van der Waals surface area contributed by atoms with E-state index in [2.05, 4.69) is 9.47 Å². The van der Waals surface area contributed by atoms with Crippen LogP contribution in [-0.2, 0) is 0 Å². The van der Waals surface area contributed by atoms with Gasteiger partial charge in [-0.1, -0.05) is 0 Å². The fourth-order valence-corrected chi connectivity index (χ4v) is 0.996. The smallest absolute Gasteiger partial charge is 0.387 e. The van der Waals surface area contributed by atoms with E-state index in [9.17, 15) is 13.2 Å². The lowest BCUT2D eigenvalue weighted by Gasteiger charge is -2.10. The average Bonchev–Trinajstić information content (AvgIpc) is 2.20. The molecule has 0 fully saturated rings. The predicted molar refractivity (Wildman–Crippen MR) is 46.1 cm³/mol. The molecule has 0 aliphatic rings. The lowest BCUT2D eigenvalue weighted by Crippen LogP contribution is -2.05. The maximum Gasteiger partial charge on any atom is 0.387 e. The van der Waals surface area contributed by atoms with Crippen molar-refractivity contribution in [2.24, 2.45) is 0 Å². The summed E-state index contributed by atoms with van der Waals surface area (Å²) in [5, 5.41) is 0. The van der Waals surface area contributed by atoms with Gasteiger partial charge in [0.25, 0.3) is 0 Å². The molecule has 1 aromatic rings. The minimum Gasteiger partial charge on any atom is -0.496 e. The van der Waals surface area contributed by atoms with E-state index in [1.807, 2.05) is 0 Å². The Balaban J connectivity index is 3.12. The summed E-state index contributed by atoms with van der Waals surface area (Å²) in [4.78, 5) is 0. The van der Waals surface area contributed by atoms with Crippen LogP contribution in [0.2, 0.25) is 0 Å². The zero-order chi connectivity index (χ0) is 11.4. The molecule has 0 unspecified atom stereocenters. The molecule has 0 N–H and O–H groups in total. The van der Waals surface area contributed by atoms with Crippen LogP contribution < -0.4 is 14.2 Å². The normalized spacial score (nSPS) is 10.3. The lowest BCUT2D eigenvalue weighted by atomic mass is 10.3. The molecule has 0 saturated carbocycles. The van der Waals surface area contributed by atoms with Crippen molar-refractivity contribution < 1.29 is 27.4 Å². The standard InChI is InChI=1S/C9H9F3O3/c1-13-5-3-6(14-2)8(10)7(4-5)15-9(11)12/h3-4,9H,1-2H3. The highest BCUT2D eigenvalue weighted by molar-refractivity contribution is 5.43. The van der Waals surface area contributed by atoms with E-state index in [0.717, 1.165) is 6.07 Å². The van der Waals surface area contributed by atoms with E-state index in [4.69, 9.17) is 4.74 Å². The molecule has 84 valence electrons. The maximum atomic E-state index is 13.3. The third-order valence-electron chi connectivity index (χ3n) is 1.65. The average molecular weight is 222 g/mol. The van der Waals surface area contributed by atoms with E-state index in [-0.39, 0.29) is 11.5 Å². The number of hydrogen-bond donors (Lipinski definition) is 0. The summed E-state index contributed by atoms with van der Waals surface area (Å²) in [5.74, 6) is -1.64. The van der Waals surface area contributed by atoms with Gasteiger partial charge in [-0.15, -0.1) is 0 Å². The van der Waals surface area contributed by atoms with Gasteiger partial charge in [-0.2, -0.15) is 13.2 Å². The molecule has 0 bridgehead atoms. The molecule has 0 heterocycles. The second-order valence-corrected chi connectivity index (χ2v) is 2.52. The van der Waals surface area contributed by atoms with Gasteiger partial charge in [-0.3, -0.25) is 0 Å². The fraction of sp³-hybridized carbons (Fsp3) is 0.333. The van der Waals surface area contributed by atoms with Crippen molar-refractivity contribution in [3.63, 3.8) is 0 Å². The van der Waals surface area contributed by atoms with Crippen molar-refractivity contribution in [1.29, 1.82) is 0 Å². The molecule has 0 saturated heterocycles. The first-order valence-corrected chi connectivity index (χ1v) is 3.94. The van der Waals surface area contributed by atoms with Gasteiger partial charge in [-0.25, -0.2) is 0 Å². The minimum atomic E-state index is -3.10. The Labute approximate surface area is 84.4 Å². The van der Waals surface area contributed by atoms with Gasteiger partial charge < -0.3 is 14.2 Å². The van der Waals surface area contributed by atoms with Crippen LogP contribution in [0.4, 0.5) is 13.2 Å². The number of methoxy groups -OCH3 is 2. The second kappa shape index (κ2) is 4.77. The molecule has 0 aliphatic heterocycles. The number of alkyl halides is 2. The van der Waals surface area contributed by atoms with E-state index in [1.165, 1.54) is 20.3 Å². The van der Waals surface area contributed by atoms with Crippen LogP contribution >= 0.6 is 0 Å². The highest BCUT2D eigenvalue weighted by atomic mass is 19.3. The predicted octanol–water partition coefficient (Wildman–Crippen LogP) is 2.44. The molecule has 0 amide bonds. The van der Waals surface area contributed by atoms with Crippen LogP contribution in [0, 0.1) is 5.82 Å². The summed E-state index contributed by atoms with van der Waals surface area (Å²) >= 11 is 0. The number of halogens is 3. The van der Waals surface area contributed by atoms with Crippen LogP contribution in [0.3, 0.4) is 0 Å². The van der Waals surface area contributed by atoms with Crippen LogP contribution in [0.25, 0.3) is 0 Å². The Kier molecular flexibility index (Phi) is 3.65.